The van der Waals surface area contributed by atoms with Crippen LogP contribution in [0.5, 0.6) is 5.75 Å². The van der Waals surface area contributed by atoms with E-state index in [1.54, 1.807) is 6.92 Å². The van der Waals surface area contributed by atoms with Crippen molar-refractivity contribution in [2.45, 2.75) is 19.8 Å². The molecular weight excluding hydrogens is 183 g/mol. The van der Waals surface area contributed by atoms with Crippen LogP contribution in [0.4, 0.5) is 4.39 Å². The first-order valence-electron chi connectivity index (χ1n) is 4.40. The number of rotatable bonds is 3. The summed E-state index contributed by atoms with van der Waals surface area (Å²) >= 11 is 0. The van der Waals surface area contributed by atoms with E-state index >= 15 is 0 Å². The zero-order valence-corrected chi connectivity index (χ0v) is 8.50. The van der Waals surface area contributed by atoms with Gasteiger partial charge in [0.2, 0.25) is 0 Å². The number of Topliss-reactive ketones (excluding diaryl/α,β-unsaturated/α-hetero) is 1. The highest BCUT2D eigenvalue weighted by molar-refractivity contribution is 5.83. The molecule has 0 aliphatic heterocycles. The molecule has 0 heterocycles. The van der Waals surface area contributed by atoms with Crippen LogP contribution in [0.25, 0.3) is 0 Å². The highest BCUT2D eigenvalue weighted by Gasteiger charge is 2.16. The predicted molar refractivity (Wildman–Crippen MR) is 52.0 cm³/mol. The smallest absolute Gasteiger partial charge is 0.137 e. The highest BCUT2D eigenvalue weighted by atomic mass is 19.1. The van der Waals surface area contributed by atoms with Crippen molar-refractivity contribution in [1.82, 2.24) is 0 Å². The Hall–Kier alpha value is -1.38. The lowest BCUT2D eigenvalue weighted by molar-refractivity contribution is -0.118. The second kappa shape index (κ2) is 4.22. The van der Waals surface area contributed by atoms with Gasteiger partial charge >= 0.3 is 0 Å². The summed E-state index contributed by atoms with van der Waals surface area (Å²) in [6.07, 6.45) is 0. The minimum Gasteiger partial charge on any atom is -0.496 e. The molecule has 1 atom stereocenters. The van der Waals surface area contributed by atoms with Crippen LogP contribution in [0.1, 0.15) is 25.3 Å². The van der Waals surface area contributed by atoms with Gasteiger partial charge in [0.05, 0.1) is 7.11 Å². The van der Waals surface area contributed by atoms with E-state index in [0.29, 0.717) is 11.3 Å². The molecule has 1 unspecified atom stereocenters. The van der Waals surface area contributed by atoms with E-state index in [-0.39, 0.29) is 17.5 Å². The third-order valence-corrected chi connectivity index (χ3v) is 2.27. The van der Waals surface area contributed by atoms with E-state index in [0.717, 1.165) is 0 Å². The molecule has 0 saturated carbocycles. The molecule has 2 nitrogen and oxygen atoms in total. The van der Waals surface area contributed by atoms with Crippen molar-refractivity contribution >= 4 is 5.78 Å². The number of hydrogen-bond acceptors (Lipinski definition) is 2. The van der Waals surface area contributed by atoms with Crippen LogP contribution in [0.15, 0.2) is 18.2 Å². The van der Waals surface area contributed by atoms with Crippen molar-refractivity contribution in [3.05, 3.63) is 29.6 Å². The summed E-state index contributed by atoms with van der Waals surface area (Å²) in [5.74, 6) is -0.141. The van der Waals surface area contributed by atoms with Gasteiger partial charge in [-0.25, -0.2) is 4.39 Å². The van der Waals surface area contributed by atoms with Gasteiger partial charge in [-0.3, -0.25) is 4.79 Å². The zero-order valence-electron chi connectivity index (χ0n) is 8.50. The first-order chi connectivity index (χ1) is 6.56. The molecule has 0 N–H and O–H groups in total. The zero-order chi connectivity index (χ0) is 10.7. The fourth-order valence-electron chi connectivity index (χ4n) is 1.26. The molecule has 0 aliphatic rings. The maximum absolute atomic E-state index is 12.9. The van der Waals surface area contributed by atoms with Gasteiger partial charge in [-0.05, 0) is 25.1 Å². The Morgan fingerprint density at radius 2 is 2.14 bits per heavy atom. The number of benzene rings is 1. The summed E-state index contributed by atoms with van der Waals surface area (Å²) in [5.41, 5.74) is 0.597. The maximum Gasteiger partial charge on any atom is 0.137 e. The largest absolute Gasteiger partial charge is 0.496 e. The number of hydrogen-bond donors (Lipinski definition) is 0. The van der Waals surface area contributed by atoms with Crippen molar-refractivity contribution in [2.24, 2.45) is 0 Å². The van der Waals surface area contributed by atoms with Crippen LogP contribution < -0.4 is 4.74 Å². The first kappa shape index (κ1) is 10.7. The Morgan fingerprint density at radius 3 is 2.64 bits per heavy atom. The summed E-state index contributed by atoms with van der Waals surface area (Å²) in [6, 6.07) is 4.18. The summed E-state index contributed by atoms with van der Waals surface area (Å²) in [7, 11) is 1.50. The van der Waals surface area contributed by atoms with Crippen molar-refractivity contribution in [3.63, 3.8) is 0 Å². The molecule has 0 fully saturated rings. The van der Waals surface area contributed by atoms with E-state index in [1.807, 2.05) is 0 Å². The van der Waals surface area contributed by atoms with Crippen LogP contribution in [-0.4, -0.2) is 12.9 Å². The molecule has 14 heavy (non-hydrogen) atoms. The average molecular weight is 196 g/mol. The topological polar surface area (TPSA) is 26.3 Å². The number of carbonyl (C=O) groups excluding carboxylic acids is 1. The standard InChI is InChI=1S/C11H13FO2/c1-7(8(2)13)10-6-9(12)4-5-11(10)14-3/h4-7H,1-3H3. The molecule has 0 aliphatic carbocycles. The normalized spacial score (nSPS) is 12.3. The third kappa shape index (κ3) is 2.10. The van der Waals surface area contributed by atoms with Crippen molar-refractivity contribution in [1.29, 1.82) is 0 Å². The Labute approximate surface area is 82.7 Å². The molecule has 0 amide bonds. The van der Waals surface area contributed by atoms with E-state index in [2.05, 4.69) is 0 Å². The second-order valence-corrected chi connectivity index (χ2v) is 3.22. The quantitative estimate of drug-likeness (QED) is 0.742. The molecule has 76 valence electrons. The fraction of sp³-hybridized carbons (Fsp3) is 0.364. The lowest BCUT2D eigenvalue weighted by atomic mass is 9.96. The van der Waals surface area contributed by atoms with Gasteiger partial charge in [0.25, 0.3) is 0 Å². The summed E-state index contributed by atoms with van der Waals surface area (Å²) in [4.78, 5) is 11.1. The van der Waals surface area contributed by atoms with E-state index in [4.69, 9.17) is 4.74 Å². The lowest BCUT2D eigenvalue weighted by Gasteiger charge is -2.12. The number of ether oxygens (including phenoxy) is 1. The summed E-state index contributed by atoms with van der Waals surface area (Å²) in [5, 5.41) is 0. The van der Waals surface area contributed by atoms with Crippen molar-refractivity contribution in [3.8, 4) is 5.75 Å². The number of methoxy groups -OCH3 is 1. The molecule has 3 heteroatoms. The fourth-order valence-corrected chi connectivity index (χ4v) is 1.26. The van der Waals surface area contributed by atoms with Crippen molar-refractivity contribution < 1.29 is 13.9 Å². The van der Waals surface area contributed by atoms with E-state index < -0.39 is 0 Å². The van der Waals surface area contributed by atoms with Gasteiger partial charge in [-0.2, -0.15) is 0 Å². The summed E-state index contributed by atoms with van der Waals surface area (Å²) < 4.78 is 18.0. The summed E-state index contributed by atoms with van der Waals surface area (Å²) in [6.45, 7) is 3.22. The van der Waals surface area contributed by atoms with E-state index in [9.17, 15) is 9.18 Å². The predicted octanol–water partition coefficient (Wildman–Crippen LogP) is 2.53. The molecule has 1 aromatic carbocycles. The van der Waals surface area contributed by atoms with Crippen LogP contribution in [0, 0.1) is 5.82 Å². The molecule has 0 aromatic heterocycles. The van der Waals surface area contributed by atoms with Gasteiger partial charge in [0.1, 0.15) is 17.3 Å². The molecular formula is C11H13FO2. The SMILES string of the molecule is COc1ccc(F)cc1C(C)C(C)=O. The van der Waals surface area contributed by atoms with Crippen LogP contribution in [0.3, 0.4) is 0 Å². The van der Waals surface area contributed by atoms with Crippen LogP contribution >= 0.6 is 0 Å². The molecule has 0 spiro atoms. The van der Waals surface area contributed by atoms with Gasteiger partial charge in [-0.15, -0.1) is 0 Å². The molecule has 0 radical (unpaired) electrons. The molecule has 1 aromatic rings. The molecule has 0 bridgehead atoms. The maximum atomic E-state index is 12.9. The minimum atomic E-state index is -0.353. The first-order valence-corrected chi connectivity index (χ1v) is 4.40. The monoisotopic (exact) mass is 196 g/mol. The van der Waals surface area contributed by atoms with Gasteiger partial charge in [-0.1, -0.05) is 6.92 Å². The van der Waals surface area contributed by atoms with Gasteiger partial charge in [0.15, 0.2) is 0 Å². The Balaban J connectivity index is 3.16. The Kier molecular flexibility index (Phi) is 3.23. The van der Waals surface area contributed by atoms with E-state index in [1.165, 1.54) is 32.2 Å². The van der Waals surface area contributed by atoms with Gasteiger partial charge in [0, 0.05) is 11.5 Å². The Morgan fingerprint density at radius 1 is 1.50 bits per heavy atom. The number of carbonyl (C=O) groups is 1. The van der Waals surface area contributed by atoms with Gasteiger partial charge < -0.3 is 4.74 Å². The van der Waals surface area contributed by atoms with Crippen LogP contribution in [-0.2, 0) is 4.79 Å². The lowest BCUT2D eigenvalue weighted by Crippen LogP contribution is -2.06. The minimum absolute atomic E-state index is 0.00565. The number of ketones is 1. The average Bonchev–Trinajstić information content (AvgIpc) is 2.16. The molecule has 0 saturated heterocycles. The number of halogens is 1. The third-order valence-electron chi connectivity index (χ3n) is 2.27. The Bertz CT molecular complexity index is 347. The van der Waals surface area contributed by atoms with Crippen LogP contribution in [0.2, 0.25) is 0 Å². The highest BCUT2D eigenvalue weighted by Crippen LogP contribution is 2.27. The van der Waals surface area contributed by atoms with Crippen molar-refractivity contribution in [2.75, 3.05) is 7.11 Å². The second-order valence-electron chi connectivity index (χ2n) is 3.22. The molecule has 1 rings (SSSR count).